The zero-order valence-corrected chi connectivity index (χ0v) is 19.3. The average Bonchev–Trinajstić information content (AvgIpc) is 3.48. The highest BCUT2D eigenvalue weighted by molar-refractivity contribution is 6.03. The van der Waals surface area contributed by atoms with E-state index in [2.05, 4.69) is 21.4 Å². The van der Waals surface area contributed by atoms with Gasteiger partial charge in [0, 0.05) is 24.1 Å². The molecule has 3 aliphatic rings. The predicted octanol–water partition coefficient (Wildman–Crippen LogP) is 2.52. The molecule has 1 saturated heterocycles. The van der Waals surface area contributed by atoms with Gasteiger partial charge in [0.25, 0.3) is 5.91 Å². The van der Waals surface area contributed by atoms with Gasteiger partial charge in [0.05, 0.1) is 25.0 Å². The molecule has 182 valence electrons. The first kappa shape index (κ1) is 23.5. The number of nitrogens with one attached hydrogen (secondary N) is 2. The van der Waals surface area contributed by atoms with Crippen LogP contribution in [0.25, 0.3) is 5.57 Å². The number of aliphatic hydroxyl groups is 3. The summed E-state index contributed by atoms with van der Waals surface area (Å²) < 4.78 is 6.00. The lowest BCUT2D eigenvalue weighted by atomic mass is 9.74. The summed E-state index contributed by atoms with van der Waals surface area (Å²) in [7, 11) is 0. The Morgan fingerprint density at radius 1 is 1.20 bits per heavy atom. The minimum absolute atomic E-state index is 0.0367. The fraction of sp³-hybridized carbons (Fsp3) is 0.423. The normalized spacial score (nSPS) is 29.5. The van der Waals surface area contributed by atoms with Gasteiger partial charge in [-0.25, -0.2) is 4.98 Å². The number of aromatic amines is 1. The molecule has 1 amide bonds. The van der Waals surface area contributed by atoms with Crippen molar-refractivity contribution in [3.63, 3.8) is 0 Å². The summed E-state index contributed by atoms with van der Waals surface area (Å²) in [6.45, 7) is -0.624. The molecule has 2 aliphatic heterocycles. The van der Waals surface area contributed by atoms with Crippen molar-refractivity contribution in [3.8, 4) is 6.07 Å². The molecule has 1 unspecified atom stereocenters. The molecular formula is C26H28N4O5. The number of fused-ring (bicyclic) bond motifs is 2. The van der Waals surface area contributed by atoms with Crippen LogP contribution in [-0.2, 0) is 10.3 Å². The molecule has 5 N–H and O–H groups in total. The van der Waals surface area contributed by atoms with E-state index in [1.54, 1.807) is 24.3 Å². The van der Waals surface area contributed by atoms with E-state index in [0.717, 1.165) is 36.8 Å². The van der Waals surface area contributed by atoms with E-state index in [-0.39, 0.29) is 37.6 Å². The monoisotopic (exact) mass is 476 g/mol. The van der Waals surface area contributed by atoms with Crippen molar-refractivity contribution >= 4 is 17.2 Å². The summed E-state index contributed by atoms with van der Waals surface area (Å²) in [5.74, 6) is -0.433. The Labute approximate surface area is 202 Å². The number of amides is 1. The van der Waals surface area contributed by atoms with Crippen molar-refractivity contribution in [2.45, 2.75) is 55.3 Å². The lowest BCUT2D eigenvalue weighted by Crippen LogP contribution is -2.55. The first-order valence-electron chi connectivity index (χ1n) is 11.8. The average molecular weight is 477 g/mol. The van der Waals surface area contributed by atoms with Crippen LogP contribution in [-0.4, -0.2) is 55.6 Å². The van der Waals surface area contributed by atoms with E-state index < -0.39 is 22.7 Å². The minimum Gasteiger partial charge on any atom is -0.393 e. The number of benzene rings is 1. The smallest absolute Gasteiger partial charge is 0.291 e. The van der Waals surface area contributed by atoms with Gasteiger partial charge in [-0.15, -0.1) is 0 Å². The SMILES string of the molecule is N#Cc1cnc(C(=O)Nc2ccc(C3(O)C[C@@]4(CO)C=C[C@@](CO)(C3)O4)cc2C2=CCCCC2)[nH]1. The number of allylic oxidation sites excluding steroid dienone is 2. The maximum atomic E-state index is 12.8. The fourth-order valence-corrected chi connectivity index (χ4v) is 5.47. The molecule has 35 heavy (non-hydrogen) atoms. The van der Waals surface area contributed by atoms with Crippen LogP contribution in [0, 0.1) is 11.3 Å². The van der Waals surface area contributed by atoms with Gasteiger partial charge in [-0.05, 0) is 49.0 Å². The third kappa shape index (κ3) is 4.19. The van der Waals surface area contributed by atoms with Gasteiger partial charge in [0.15, 0.2) is 5.82 Å². The Morgan fingerprint density at radius 3 is 2.54 bits per heavy atom. The largest absolute Gasteiger partial charge is 0.393 e. The first-order valence-corrected chi connectivity index (χ1v) is 11.8. The number of nitriles is 1. The van der Waals surface area contributed by atoms with E-state index in [9.17, 15) is 20.1 Å². The molecule has 1 aromatic carbocycles. The maximum absolute atomic E-state index is 12.8. The standard InChI is InChI=1S/C26H28N4O5/c27-11-19-12-28-22(29-19)23(33)30-21-7-6-18(10-20(21)17-4-2-1-3-5-17)26(34)13-24(15-31)8-9-25(14-26,16-32)35-24/h4,6-10,12,31-32,34H,1-3,5,13-16H2,(H,28,29)(H,30,33)/t24-,25+,26?. The zero-order chi connectivity index (χ0) is 24.7. The Balaban J connectivity index is 1.52. The highest BCUT2D eigenvalue weighted by atomic mass is 16.6. The molecule has 5 rings (SSSR count). The summed E-state index contributed by atoms with van der Waals surface area (Å²) in [4.78, 5) is 19.5. The number of anilines is 1. The van der Waals surface area contributed by atoms with Crippen LogP contribution in [0.1, 0.15) is 66.0 Å². The van der Waals surface area contributed by atoms with Crippen molar-refractivity contribution in [1.82, 2.24) is 9.97 Å². The van der Waals surface area contributed by atoms with E-state index in [1.807, 2.05) is 12.1 Å². The lowest BCUT2D eigenvalue weighted by molar-refractivity contribution is -0.220. The van der Waals surface area contributed by atoms with Gasteiger partial charge >= 0.3 is 0 Å². The van der Waals surface area contributed by atoms with Crippen molar-refractivity contribution in [3.05, 3.63) is 65.3 Å². The van der Waals surface area contributed by atoms with E-state index in [0.29, 0.717) is 11.3 Å². The quantitative estimate of drug-likeness (QED) is 0.402. The van der Waals surface area contributed by atoms with Crippen LogP contribution in [0.5, 0.6) is 0 Å². The second-order valence-electron chi connectivity index (χ2n) is 9.71. The van der Waals surface area contributed by atoms with Gasteiger partial charge in [0.2, 0.25) is 0 Å². The molecule has 1 aliphatic carbocycles. The molecule has 1 aromatic heterocycles. The summed E-state index contributed by atoms with van der Waals surface area (Å²) in [5, 5.41) is 43.8. The van der Waals surface area contributed by atoms with E-state index in [4.69, 9.17) is 10.00 Å². The zero-order valence-electron chi connectivity index (χ0n) is 19.3. The molecule has 9 heteroatoms. The molecule has 0 spiro atoms. The number of rotatable bonds is 6. The molecule has 9 nitrogen and oxygen atoms in total. The van der Waals surface area contributed by atoms with E-state index >= 15 is 0 Å². The number of carbonyl (C=O) groups excluding carboxylic acids is 1. The molecular weight excluding hydrogens is 448 g/mol. The van der Waals surface area contributed by atoms with Crippen molar-refractivity contribution in [2.75, 3.05) is 18.5 Å². The van der Waals surface area contributed by atoms with Gasteiger partial charge < -0.3 is 30.4 Å². The number of nitrogens with zero attached hydrogens (tertiary/aromatic N) is 2. The highest BCUT2D eigenvalue weighted by Crippen LogP contribution is 2.52. The predicted molar refractivity (Wildman–Crippen MR) is 127 cm³/mol. The highest BCUT2D eigenvalue weighted by Gasteiger charge is 2.57. The van der Waals surface area contributed by atoms with Crippen LogP contribution < -0.4 is 5.32 Å². The fourth-order valence-electron chi connectivity index (χ4n) is 5.47. The molecule has 3 atom stereocenters. The molecule has 0 radical (unpaired) electrons. The van der Waals surface area contributed by atoms with Crippen LogP contribution >= 0.6 is 0 Å². The summed E-state index contributed by atoms with van der Waals surface area (Å²) in [5.41, 5.74) is -0.203. The number of hydrogen-bond donors (Lipinski definition) is 5. The molecule has 1 fully saturated rings. The topological polar surface area (TPSA) is 151 Å². The lowest BCUT2D eigenvalue weighted by Gasteiger charge is -2.47. The number of H-pyrrole nitrogens is 1. The van der Waals surface area contributed by atoms with Crippen molar-refractivity contribution in [2.24, 2.45) is 0 Å². The molecule has 2 aromatic rings. The van der Waals surface area contributed by atoms with Crippen LogP contribution in [0.2, 0.25) is 0 Å². The minimum atomic E-state index is -1.36. The van der Waals surface area contributed by atoms with Gasteiger partial charge in [0.1, 0.15) is 23.0 Å². The summed E-state index contributed by atoms with van der Waals surface area (Å²) in [6, 6.07) is 7.32. The van der Waals surface area contributed by atoms with Gasteiger partial charge in [-0.3, -0.25) is 4.79 Å². The Hall–Kier alpha value is -3.29. The van der Waals surface area contributed by atoms with Crippen LogP contribution in [0.3, 0.4) is 0 Å². The van der Waals surface area contributed by atoms with Crippen molar-refractivity contribution < 1.29 is 24.9 Å². The Kier molecular flexibility index (Phi) is 5.85. The second-order valence-corrected chi connectivity index (χ2v) is 9.71. The Morgan fingerprint density at radius 2 is 1.94 bits per heavy atom. The molecule has 0 saturated carbocycles. The third-order valence-corrected chi connectivity index (χ3v) is 7.17. The number of aromatic nitrogens is 2. The third-order valence-electron chi connectivity index (χ3n) is 7.17. The first-order chi connectivity index (χ1) is 16.8. The second kappa shape index (κ2) is 8.73. The number of imidazole rings is 1. The van der Waals surface area contributed by atoms with Crippen molar-refractivity contribution in [1.29, 1.82) is 5.26 Å². The molecule has 3 heterocycles. The Bertz CT molecular complexity index is 1240. The van der Waals surface area contributed by atoms with Crippen LogP contribution in [0.4, 0.5) is 5.69 Å². The van der Waals surface area contributed by atoms with Gasteiger partial charge in [-0.1, -0.05) is 24.3 Å². The molecule has 2 bridgehead atoms. The number of ether oxygens (including phenoxy) is 1. The summed E-state index contributed by atoms with van der Waals surface area (Å²) in [6.07, 6.45) is 11.1. The number of hydrogen-bond acceptors (Lipinski definition) is 7. The van der Waals surface area contributed by atoms with E-state index in [1.165, 1.54) is 6.20 Å². The number of aliphatic hydroxyl groups excluding tert-OH is 2. The maximum Gasteiger partial charge on any atom is 0.291 e. The van der Waals surface area contributed by atoms with Crippen LogP contribution in [0.15, 0.2) is 42.6 Å². The number of carbonyl (C=O) groups is 1. The van der Waals surface area contributed by atoms with Gasteiger partial charge in [-0.2, -0.15) is 5.26 Å². The summed E-state index contributed by atoms with van der Waals surface area (Å²) >= 11 is 0.